The van der Waals surface area contributed by atoms with Crippen molar-refractivity contribution in [3.05, 3.63) is 29.6 Å². The summed E-state index contributed by atoms with van der Waals surface area (Å²) in [5, 5.41) is 0. The molecule has 2 N–H and O–H groups in total. The molecular formula is C12H16FNO2. The van der Waals surface area contributed by atoms with Gasteiger partial charge in [-0.05, 0) is 18.9 Å². The van der Waals surface area contributed by atoms with Gasteiger partial charge in [0.25, 0.3) is 0 Å². The van der Waals surface area contributed by atoms with Crippen LogP contribution in [0.4, 0.5) is 4.39 Å². The zero-order chi connectivity index (χ0) is 11.6. The normalized spacial score (nSPS) is 25.4. The first-order chi connectivity index (χ1) is 7.67. The summed E-state index contributed by atoms with van der Waals surface area (Å²) in [4.78, 5) is 0. The number of hydrogen-bond donors (Lipinski definition) is 1. The van der Waals surface area contributed by atoms with Crippen molar-refractivity contribution in [1.29, 1.82) is 0 Å². The fourth-order valence-corrected chi connectivity index (χ4v) is 2.08. The summed E-state index contributed by atoms with van der Waals surface area (Å²) in [6.07, 6.45) is 1.59. The Labute approximate surface area is 94.3 Å². The van der Waals surface area contributed by atoms with Crippen LogP contribution in [0.15, 0.2) is 18.2 Å². The first-order valence-corrected chi connectivity index (χ1v) is 5.37. The van der Waals surface area contributed by atoms with Gasteiger partial charge in [-0.15, -0.1) is 0 Å². The standard InChI is InChI=1S/C12H16FNO2/c1-15-10-5-2-4-9(11(10)13)12(14)6-3-7-16-8-12/h2,4-5H,3,6-8,14H2,1H3. The van der Waals surface area contributed by atoms with Crippen LogP contribution >= 0.6 is 0 Å². The minimum absolute atomic E-state index is 0.230. The summed E-state index contributed by atoms with van der Waals surface area (Å²) < 4.78 is 24.3. The second-order valence-electron chi connectivity index (χ2n) is 4.13. The second kappa shape index (κ2) is 4.39. The van der Waals surface area contributed by atoms with Crippen molar-refractivity contribution < 1.29 is 13.9 Å². The highest BCUT2D eigenvalue weighted by Gasteiger charge is 2.33. The van der Waals surface area contributed by atoms with E-state index in [1.807, 2.05) is 0 Å². The summed E-state index contributed by atoms with van der Waals surface area (Å²) >= 11 is 0. The van der Waals surface area contributed by atoms with E-state index in [9.17, 15) is 4.39 Å². The topological polar surface area (TPSA) is 44.5 Å². The van der Waals surface area contributed by atoms with Crippen molar-refractivity contribution in [2.24, 2.45) is 5.73 Å². The lowest BCUT2D eigenvalue weighted by Gasteiger charge is -2.34. The van der Waals surface area contributed by atoms with E-state index in [1.54, 1.807) is 18.2 Å². The molecule has 88 valence electrons. The largest absolute Gasteiger partial charge is 0.494 e. The molecule has 1 heterocycles. The lowest BCUT2D eigenvalue weighted by Crippen LogP contribution is -2.45. The second-order valence-corrected chi connectivity index (χ2v) is 4.13. The third kappa shape index (κ3) is 1.90. The molecule has 0 bridgehead atoms. The maximum atomic E-state index is 14.0. The SMILES string of the molecule is COc1cccc(C2(N)CCCOC2)c1F. The molecule has 0 aliphatic carbocycles. The van der Waals surface area contributed by atoms with Gasteiger partial charge in [-0.2, -0.15) is 0 Å². The average Bonchev–Trinajstić information content (AvgIpc) is 2.30. The van der Waals surface area contributed by atoms with Crippen molar-refractivity contribution in [2.45, 2.75) is 18.4 Å². The summed E-state index contributed by atoms with van der Waals surface area (Å²) in [7, 11) is 1.45. The van der Waals surface area contributed by atoms with Crippen molar-refractivity contribution in [2.75, 3.05) is 20.3 Å². The lowest BCUT2D eigenvalue weighted by atomic mass is 9.85. The molecule has 1 aromatic carbocycles. The van der Waals surface area contributed by atoms with E-state index >= 15 is 0 Å². The molecule has 1 aliphatic heterocycles. The van der Waals surface area contributed by atoms with E-state index < -0.39 is 5.54 Å². The molecule has 1 aromatic rings. The number of hydrogen-bond acceptors (Lipinski definition) is 3. The molecule has 0 saturated carbocycles. The lowest BCUT2D eigenvalue weighted by molar-refractivity contribution is 0.0350. The maximum Gasteiger partial charge on any atom is 0.170 e. The summed E-state index contributed by atoms with van der Waals surface area (Å²) in [5.74, 6) is -0.147. The number of nitrogens with two attached hydrogens (primary N) is 1. The molecule has 0 radical (unpaired) electrons. The predicted octanol–water partition coefficient (Wildman–Crippen LogP) is 1.80. The first-order valence-electron chi connectivity index (χ1n) is 5.37. The molecule has 1 aliphatic rings. The van der Waals surface area contributed by atoms with Crippen LogP contribution in [0.1, 0.15) is 18.4 Å². The van der Waals surface area contributed by atoms with E-state index in [4.69, 9.17) is 15.2 Å². The van der Waals surface area contributed by atoms with Gasteiger partial charge in [-0.1, -0.05) is 12.1 Å². The minimum atomic E-state index is -0.725. The first kappa shape index (κ1) is 11.4. The van der Waals surface area contributed by atoms with Crippen LogP contribution in [0.2, 0.25) is 0 Å². The van der Waals surface area contributed by atoms with Gasteiger partial charge in [0.1, 0.15) is 0 Å². The molecule has 1 saturated heterocycles. The van der Waals surface area contributed by atoms with Crippen LogP contribution in [0.3, 0.4) is 0 Å². The van der Waals surface area contributed by atoms with Gasteiger partial charge in [-0.3, -0.25) is 0 Å². The highest BCUT2D eigenvalue weighted by atomic mass is 19.1. The van der Waals surface area contributed by atoms with E-state index in [1.165, 1.54) is 7.11 Å². The van der Waals surface area contributed by atoms with Gasteiger partial charge in [-0.25, -0.2) is 4.39 Å². The molecular weight excluding hydrogens is 209 g/mol. The highest BCUT2D eigenvalue weighted by molar-refractivity contribution is 5.35. The molecule has 16 heavy (non-hydrogen) atoms. The molecule has 4 heteroatoms. The number of ether oxygens (including phenoxy) is 2. The van der Waals surface area contributed by atoms with Crippen molar-refractivity contribution in [3.63, 3.8) is 0 Å². The predicted molar refractivity (Wildman–Crippen MR) is 58.9 cm³/mol. The zero-order valence-corrected chi connectivity index (χ0v) is 9.33. The van der Waals surface area contributed by atoms with Gasteiger partial charge >= 0.3 is 0 Å². The van der Waals surface area contributed by atoms with Gasteiger partial charge in [0.05, 0.1) is 19.3 Å². The fraction of sp³-hybridized carbons (Fsp3) is 0.500. The Hall–Kier alpha value is -1.13. The molecule has 1 unspecified atom stereocenters. The Balaban J connectivity index is 2.38. The molecule has 0 amide bonds. The molecule has 3 nitrogen and oxygen atoms in total. The third-order valence-electron chi connectivity index (χ3n) is 2.99. The molecule has 0 aromatic heterocycles. The van der Waals surface area contributed by atoms with E-state index in [-0.39, 0.29) is 11.6 Å². The highest BCUT2D eigenvalue weighted by Crippen LogP contribution is 2.32. The summed E-state index contributed by atoms with van der Waals surface area (Å²) in [5.41, 5.74) is 5.94. The van der Waals surface area contributed by atoms with Crippen molar-refractivity contribution in [3.8, 4) is 5.75 Å². The van der Waals surface area contributed by atoms with Gasteiger partial charge < -0.3 is 15.2 Å². The number of rotatable bonds is 2. The Morgan fingerprint density at radius 3 is 2.94 bits per heavy atom. The smallest absolute Gasteiger partial charge is 0.170 e. The van der Waals surface area contributed by atoms with Crippen LogP contribution < -0.4 is 10.5 Å². The van der Waals surface area contributed by atoms with Crippen LogP contribution in [-0.4, -0.2) is 20.3 Å². The Morgan fingerprint density at radius 2 is 2.31 bits per heavy atom. The Kier molecular flexibility index (Phi) is 3.12. The van der Waals surface area contributed by atoms with E-state index in [0.29, 0.717) is 18.8 Å². The molecule has 1 fully saturated rings. The molecule has 0 spiro atoms. The number of methoxy groups -OCH3 is 1. The zero-order valence-electron chi connectivity index (χ0n) is 9.33. The third-order valence-corrected chi connectivity index (χ3v) is 2.99. The summed E-state index contributed by atoms with van der Waals surface area (Å²) in [6.45, 7) is 1.06. The van der Waals surface area contributed by atoms with Crippen molar-refractivity contribution >= 4 is 0 Å². The van der Waals surface area contributed by atoms with Gasteiger partial charge in [0.15, 0.2) is 11.6 Å². The van der Waals surface area contributed by atoms with Crippen LogP contribution in [0.5, 0.6) is 5.75 Å². The summed E-state index contributed by atoms with van der Waals surface area (Å²) in [6, 6.07) is 5.04. The van der Waals surface area contributed by atoms with Crippen molar-refractivity contribution in [1.82, 2.24) is 0 Å². The van der Waals surface area contributed by atoms with Gasteiger partial charge in [0.2, 0.25) is 0 Å². The molecule has 2 rings (SSSR count). The number of benzene rings is 1. The van der Waals surface area contributed by atoms with E-state index in [2.05, 4.69) is 0 Å². The maximum absolute atomic E-state index is 14.0. The monoisotopic (exact) mass is 225 g/mol. The van der Waals surface area contributed by atoms with E-state index in [0.717, 1.165) is 12.8 Å². The fourth-order valence-electron chi connectivity index (χ4n) is 2.08. The Morgan fingerprint density at radius 1 is 1.50 bits per heavy atom. The molecule has 1 atom stereocenters. The average molecular weight is 225 g/mol. The van der Waals surface area contributed by atoms with Crippen LogP contribution in [0.25, 0.3) is 0 Å². The number of halogens is 1. The van der Waals surface area contributed by atoms with Crippen LogP contribution in [-0.2, 0) is 10.3 Å². The Bertz CT molecular complexity index is 375. The van der Waals surface area contributed by atoms with Gasteiger partial charge in [0, 0.05) is 12.2 Å². The van der Waals surface area contributed by atoms with Crippen LogP contribution in [0, 0.1) is 5.82 Å². The quantitative estimate of drug-likeness (QED) is 0.834. The minimum Gasteiger partial charge on any atom is -0.494 e.